The number of aliphatic hydroxyl groups excluding tert-OH is 1. The van der Waals surface area contributed by atoms with Gasteiger partial charge in [-0.2, -0.15) is 0 Å². The molecule has 0 radical (unpaired) electrons. The highest BCUT2D eigenvalue weighted by Gasteiger charge is 1.92. The Labute approximate surface area is 70.5 Å². The van der Waals surface area contributed by atoms with E-state index in [-0.39, 0.29) is 23.6 Å². The van der Waals surface area contributed by atoms with Crippen molar-refractivity contribution in [2.24, 2.45) is 0 Å². The summed E-state index contributed by atoms with van der Waals surface area (Å²) in [5.74, 6) is 0.948. The van der Waals surface area contributed by atoms with Crippen LogP contribution in [0.5, 0.6) is 0 Å². The van der Waals surface area contributed by atoms with Gasteiger partial charge in [0, 0.05) is 18.9 Å². The van der Waals surface area contributed by atoms with Gasteiger partial charge >= 0.3 is 0 Å². The van der Waals surface area contributed by atoms with Crippen molar-refractivity contribution in [2.75, 3.05) is 6.61 Å². The van der Waals surface area contributed by atoms with Crippen molar-refractivity contribution in [3.63, 3.8) is 0 Å². The van der Waals surface area contributed by atoms with E-state index in [9.17, 15) is 0 Å². The van der Waals surface area contributed by atoms with Crippen molar-refractivity contribution in [1.29, 1.82) is 0 Å². The Morgan fingerprint density at radius 2 is 2.40 bits per heavy atom. The first-order chi connectivity index (χ1) is 4.34. The standard InChI is InChI=1S/C6H10N2O.BrH/c1-6-7-2-3-8(6)4-5-9;/h2-3,9H,4-5H2,1H3;1H. The minimum Gasteiger partial charge on any atom is -0.395 e. The van der Waals surface area contributed by atoms with E-state index >= 15 is 0 Å². The maximum atomic E-state index is 8.51. The number of imidazole rings is 1. The third-order valence-electron chi connectivity index (χ3n) is 1.26. The zero-order valence-corrected chi connectivity index (χ0v) is 7.53. The topological polar surface area (TPSA) is 38.0 Å². The highest BCUT2D eigenvalue weighted by Crippen LogP contribution is 1.92. The lowest BCUT2D eigenvalue weighted by molar-refractivity contribution is 0.275. The van der Waals surface area contributed by atoms with Crippen molar-refractivity contribution < 1.29 is 5.11 Å². The van der Waals surface area contributed by atoms with Gasteiger partial charge in [-0.1, -0.05) is 0 Å². The highest BCUT2D eigenvalue weighted by atomic mass is 79.9. The quantitative estimate of drug-likeness (QED) is 0.777. The average Bonchev–Trinajstić information content (AvgIpc) is 2.18. The molecule has 0 fully saturated rings. The fourth-order valence-electron chi connectivity index (χ4n) is 0.748. The molecule has 3 nitrogen and oxygen atoms in total. The Balaban J connectivity index is 0.000000810. The smallest absolute Gasteiger partial charge is 0.105 e. The van der Waals surface area contributed by atoms with Crippen molar-refractivity contribution in [3.05, 3.63) is 18.2 Å². The zero-order valence-electron chi connectivity index (χ0n) is 5.82. The molecule has 0 spiro atoms. The van der Waals surface area contributed by atoms with Gasteiger partial charge in [0.05, 0.1) is 6.61 Å². The summed E-state index contributed by atoms with van der Waals surface area (Å²) in [5, 5.41) is 8.51. The Morgan fingerprint density at radius 3 is 2.80 bits per heavy atom. The molecule has 0 amide bonds. The summed E-state index contributed by atoms with van der Waals surface area (Å²) in [6.45, 7) is 2.73. The Kier molecular flexibility index (Phi) is 4.31. The highest BCUT2D eigenvalue weighted by molar-refractivity contribution is 8.93. The Bertz CT molecular complexity index is 188. The molecule has 1 aromatic heterocycles. The number of rotatable bonds is 2. The van der Waals surface area contributed by atoms with Crippen molar-refractivity contribution in [2.45, 2.75) is 13.5 Å². The molecule has 0 bridgehead atoms. The predicted octanol–water partition coefficient (Wildman–Crippen LogP) is 0.762. The van der Waals surface area contributed by atoms with E-state index < -0.39 is 0 Å². The van der Waals surface area contributed by atoms with Crippen LogP contribution >= 0.6 is 17.0 Å². The lowest BCUT2D eigenvalue weighted by atomic mass is 10.6. The molecule has 0 aliphatic rings. The molecule has 58 valence electrons. The van der Waals surface area contributed by atoms with Crippen LogP contribution in [0.1, 0.15) is 5.82 Å². The lowest BCUT2D eigenvalue weighted by Crippen LogP contribution is -2.02. The summed E-state index contributed by atoms with van der Waals surface area (Å²) in [4.78, 5) is 3.99. The van der Waals surface area contributed by atoms with Gasteiger partial charge in [0.1, 0.15) is 5.82 Å². The van der Waals surface area contributed by atoms with Crippen molar-refractivity contribution in [1.82, 2.24) is 9.55 Å². The summed E-state index contributed by atoms with van der Waals surface area (Å²) >= 11 is 0. The van der Waals surface area contributed by atoms with Gasteiger partial charge in [-0.3, -0.25) is 0 Å². The number of nitrogens with zero attached hydrogens (tertiary/aromatic N) is 2. The maximum absolute atomic E-state index is 8.51. The normalized spacial score (nSPS) is 9.00. The molecule has 0 saturated heterocycles. The van der Waals surface area contributed by atoms with Crippen LogP contribution in [-0.4, -0.2) is 21.3 Å². The largest absolute Gasteiger partial charge is 0.395 e. The second kappa shape index (κ2) is 4.46. The summed E-state index contributed by atoms with van der Waals surface area (Å²) < 4.78 is 1.90. The number of hydrogen-bond acceptors (Lipinski definition) is 2. The third kappa shape index (κ3) is 2.11. The first-order valence-corrected chi connectivity index (χ1v) is 2.93. The molecule has 0 aliphatic carbocycles. The number of halogens is 1. The van der Waals surface area contributed by atoms with Gasteiger partial charge in [0.25, 0.3) is 0 Å². The fraction of sp³-hybridized carbons (Fsp3) is 0.500. The monoisotopic (exact) mass is 206 g/mol. The van der Waals surface area contributed by atoms with E-state index in [0.29, 0.717) is 6.54 Å². The predicted molar refractivity (Wildman–Crippen MR) is 44.4 cm³/mol. The van der Waals surface area contributed by atoms with E-state index in [4.69, 9.17) is 5.11 Å². The molecule has 0 unspecified atom stereocenters. The Hall–Kier alpha value is -0.350. The van der Waals surface area contributed by atoms with Gasteiger partial charge < -0.3 is 9.67 Å². The minimum atomic E-state index is 0. The Morgan fingerprint density at radius 1 is 1.70 bits per heavy atom. The van der Waals surface area contributed by atoms with Crippen LogP contribution in [0.2, 0.25) is 0 Å². The lowest BCUT2D eigenvalue weighted by Gasteiger charge is -1.98. The molecule has 0 aromatic carbocycles. The molecular formula is C6H11BrN2O. The first-order valence-electron chi connectivity index (χ1n) is 2.93. The second-order valence-corrected chi connectivity index (χ2v) is 1.89. The van der Waals surface area contributed by atoms with Crippen LogP contribution in [0, 0.1) is 6.92 Å². The number of aromatic nitrogens is 2. The first kappa shape index (κ1) is 9.65. The van der Waals surface area contributed by atoms with E-state index in [2.05, 4.69) is 4.98 Å². The van der Waals surface area contributed by atoms with Crippen LogP contribution in [0.3, 0.4) is 0 Å². The second-order valence-electron chi connectivity index (χ2n) is 1.89. The molecule has 4 heteroatoms. The van der Waals surface area contributed by atoms with Gasteiger partial charge in [0.2, 0.25) is 0 Å². The van der Waals surface area contributed by atoms with Gasteiger partial charge in [-0.05, 0) is 6.92 Å². The third-order valence-corrected chi connectivity index (χ3v) is 1.26. The molecule has 0 aliphatic heterocycles. The van der Waals surface area contributed by atoms with Crippen molar-refractivity contribution in [3.8, 4) is 0 Å². The molecule has 0 saturated carbocycles. The summed E-state index contributed by atoms with van der Waals surface area (Å²) in [6.07, 6.45) is 3.58. The molecule has 1 rings (SSSR count). The molecule has 1 heterocycles. The summed E-state index contributed by atoms with van der Waals surface area (Å²) in [6, 6.07) is 0. The van der Waals surface area contributed by atoms with Gasteiger partial charge in [-0.25, -0.2) is 4.98 Å². The van der Waals surface area contributed by atoms with Gasteiger partial charge in [-0.15, -0.1) is 17.0 Å². The zero-order chi connectivity index (χ0) is 6.69. The number of hydrogen-bond donors (Lipinski definition) is 1. The maximum Gasteiger partial charge on any atom is 0.105 e. The fourth-order valence-corrected chi connectivity index (χ4v) is 0.748. The summed E-state index contributed by atoms with van der Waals surface area (Å²) in [7, 11) is 0. The van der Waals surface area contributed by atoms with Crippen LogP contribution in [0.15, 0.2) is 12.4 Å². The van der Waals surface area contributed by atoms with Crippen LogP contribution < -0.4 is 0 Å². The minimum absolute atomic E-state index is 0. The number of aliphatic hydroxyl groups is 1. The number of aryl methyl sites for hydroxylation is 1. The SMILES string of the molecule is Br.Cc1nccn1CCO. The van der Waals surface area contributed by atoms with Crippen LogP contribution in [0.4, 0.5) is 0 Å². The van der Waals surface area contributed by atoms with E-state index in [1.165, 1.54) is 0 Å². The molecule has 1 N–H and O–H groups in total. The van der Waals surface area contributed by atoms with Crippen LogP contribution in [-0.2, 0) is 6.54 Å². The van der Waals surface area contributed by atoms with Crippen LogP contribution in [0.25, 0.3) is 0 Å². The molecule has 1 aromatic rings. The van der Waals surface area contributed by atoms with E-state index in [1.807, 2.05) is 17.7 Å². The molecule has 10 heavy (non-hydrogen) atoms. The van der Waals surface area contributed by atoms with Crippen molar-refractivity contribution >= 4 is 17.0 Å². The average molecular weight is 207 g/mol. The molecule has 0 atom stereocenters. The van der Waals surface area contributed by atoms with E-state index in [1.54, 1.807) is 6.20 Å². The van der Waals surface area contributed by atoms with E-state index in [0.717, 1.165) is 5.82 Å². The molecular weight excluding hydrogens is 196 g/mol. The van der Waals surface area contributed by atoms with Gasteiger partial charge in [0.15, 0.2) is 0 Å². The summed E-state index contributed by atoms with van der Waals surface area (Å²) in [5.41, 5.74) is 0.